The summed E-state index contributed by atoms with van der Waals surface area (Å²) in [6.07, 6.45) is -4.56. The third-order valence-electron chi connectivity index (χ3n) is 3.78. The number of aliphatic hydroxyl groups is 1. The number of nitrogens with two attached hydrogens (primary N) is 1. The highest BCUT2D eigenvalue weighted by Gasteiger charge is 2.39. The molecule has 0 radical (unpaired) electrons. The molecule has 3 N–H and O–H groups in total. The van der Waals surface area contributed by atoms with Crippen molar-refractivity contribution >= 4 is 17.7 Å². The first-order valence-electron chi connectivity index (χ1n) is 6.94. The van der Waals surface area contributed by atoms with Crippen molar-refractivity contribution in [2.75, 3.05) is 37.0 Å². The lowest BCUT2D eigenvalue weighted by atomic mass is 9.91. The van der Waals surface area contributed by atoms with Crippen LogP contribution in [0.4, 0.5) is 24.9 Å². The van der Waals surface area contributed by atoms with Crippen LogP contribution in [0.1, 0.15) is 18.5 Å². The molecule has 2 rings (SSSR count). The standard InChI is InChI=1S/C13H18F3N5O2/c1-20(2)9-7-8(13(14,15)16)18-11(19-9)21-5-3-12(23,4-6-21)10(17)22/h7,23H,3-6H2,1-2H3,(H2,17,22). The molecular formula is C13H18F3N5O2. The highest BCUT2D eigenvalue weighted by molar-refractivity contribution is 5.83. The van der Waals surface area contributed by atoms with Gasteiger partial charge in [-0.25, -0.2) is 4.98 Å². The van der Waals surface area contributed by atoms with E-state index in [9.17, 15) is 23.1 Å². The molecule has 0 spiro atoms. The average molecular weight is 333 g/mol. The van der Waals surface area contributed by atoms with Gasteiger partial charge in [0.25, 0.3) is 0 Å². The van der Waals surface area contributed by atoms with E-state index in [1.54, 1.807) is 14.1 Å². The molecule has 1 fully saturated rings. The molecule has 23 heavy (non-hydrogen) atoms. The molecule has 1 aromatic rings. The third-order valence-corrected chi connectivity index (χ3v) is 3.78. The summed E-state index contributed by atoms with van der Waals surface area (Å²) >= 11 is 0. The normalized spacial score (nSPS) is 17.9. The highest BCUT2D eigenvalue weighted by atomic mass is 19.4. The van der Waals surface area contributed by atoms with Crippen molar-refractivity contribution < 1.29 is 23.1 Å². The second-order valence-electron chi connectivity index (χ2n) is 5.69. The number of primary amides is 1. The van der Waals surface area contributed by atoms with E-state index in [-0.39, 0.29) is 37.7 Å². The lowest BCUT2D eigenvalue weighted by molar-refractivity contribution is -0.141. The molecular weight excluding hydrogens is 315 g/mol. The summed E-state index contributed by atoms with van der Waals surface area (Å²) in [5.41, 5.74) is 2.46. The maximum atomic E-state index is 13.0. The zero-order chi connectivity index (χ0) is 17.4. The summed E-state index contributed by atoms with van der Waals surface area (Å²) in [4.78, 5) is 21.8. The Morgan fingerprint density at radius 3 is 2.35 bits per heavy atom. The predicted octanol–water partition coefficient (Wildman–Crippen LogP) is 0.378. The second-order valence-corrected chi connectivity index (χ2v) is 5.69. The number of nitrogens with zero attached hydrogens (tertiary/aromatic N) is 4. The van der Waals surface area contributed by atoms with Crippen LogP contribution >= 0.6 is 0 Å². The molecule has 1 saturated heterocycles. The van der Waals surface area contributed by atoms with E-state index in [1.807, 2.05) is 0 Å². The van der Waals surface area contributed by atoms with Crippen LogP contribution in [0.5, 0.6) is 0 Å². The van der Waals surface area contributed by atoms with E-state index < -0.39 is 23.4 Å². The molecule has 2 heterocycles. The molecule has 1 aliphatic rings. The van der Waals surface area contributed by atoms with E-state index in [0.717, 1.165) is 6.07 Å². The number of alkyl halides is 3. The van der Waals surface area contributed by atoms with Gasteiger partial charge < -0.3 is 20.6 Å². The predicted molar refractivity (Wildman–Crippen MR) is 77.0 cm³/mol. The van der Waals surface area contributed by atoms with Crippen LogP contribution in [0.25, 0.3) is 0 Å². The van der Waals surface area contributed by atoms with E-state index in [0.29, 0.717) is 0 Å². The van der Waals surface area contributed by atoms with E-state index in [2.05, 4.69) is 9.97 Å². The fraction of sp³-hybridized carbons (Fsp3) is 0.615. The van der Waals surface area contributed by atoms with Gasteiger partial charge in [-0.3, -0.25) is 4.79 Å². The van der Waals surface area contributed by atoms with Gasteiger partial charge in [0, 0.05) is 46.1 Å². The van der Waals surface area contributed by atoms with Gasteiger partial charge >= 0.3 is 6.18 Å². The van der Waals surface area contributed by atoms with Crippen LogP contribution in [0.3, 0.4) is 0 Å². The largest absolute Gasteiger partial charge is 0.433 e. The molecule has 0 aromatic carbocycles. The minimum Gasteiger partial charge on any atom is -0.380 e. The first-order chi connectivity index (χ1) is 10.5. The van der Waals surface area contributed by atoms with Gasteiger partial charge in [-0.1, -0.05) is 0 Å². The number of aromatic nitrogens is 2. The van der Waals surface area contributed by atoms with Crippen molar-refractivity contribution in [1.82, 2.24) is 9.97 Å². The number of rotatable bonds is 3. The van der Waals surface area contributed by atoms with Crippen LogP contribution in [0.2, 0.25) is 0 Å². The monoisotopic (exact) mass is 333 g/mol. The zero-order valence-corrected chi connectivity index (χ0v) is 12.8. The number of hydrogen-bond acceptors (Lipinski definition) is 6. The number of carbonyl (C=O) groups excluding carboxylic acids is 1. The van der Waals surface area contributed by atoms with Gasteiger partial charge in [0.15, 0.2) is 5.69 Å². The fourth-order valence-electron chi connectivity index (χ4n) is 2.26. The first-order valence-corrected chi connectivity index (χ1v) is 6.94. The van der Waals surface area contributed by atoms with Crippen molar-refractivity contribution in [2.45, 2.75) is 24.6 Å². The van der Waals surface area contributed by atoms with Gasteiger partial charge in [-0.05, 0) is 0 Å². The molecule has 0 saturated carbocycles. The Morgan fingerprint density at radius 1 is 1.35 bits per heavy atom. The van der Waals surface area contributed by atoms with Crippen molar-refractivity contribution in [3.8, 4) is 0 Å². The van der Waals surface area contributed by atoms with Gasteiger partial charge in [-0.2, -0.15) is 18.2 Å². The Balaban J connectivity index is 2.30. The fourth-order valence-corrected chi connectivity index (χ4v) is 2.26. The van der Waals surface area contributed by atoms with Crippen LogP contribution < -0.4 is 15.5 Å². The Labute approximate surface area is 130 Å². The number of piperidine rings is 1. The summed E-state index contributed by atoms with van der Waals surface area (Å²) in [5.74, 6) is -0.802. The molecule has 128 valence electrons. The van der Waals surface area contributed by atoms with E-state index in [1.165, 1.54) is 9.80 Å². The second kappa shape index (κ2) is 5.84. The van der Waals surface area contributed by atoms with Crippen molar-refractivity contribution in [3.05, 3.63) is 11.8 Å². The van der Waals surface area contributed by atoms with Gasteiger partial charge in [0.05, 0.1) is 0 Å². The summed E-state index contributed by atoms with van der Waals surface area (Å²) < 4.78 is 38.9. The van der Waals surface area contributed by atoms with Crippen molar-refractivity contribution in [2.24, 2.45) is 5.73 Å². The molecule has 0 bridgehead atoms. The van der Waals surface area contributed by atoms with Crippen LogP contribution in [-0.2, 0) is 11.0 Å². The smallest absolute Gasteiger partial charge is 0.380 e. The minimum atomic E-state index is -4.59. The first kappa shape index (κ1) is 17.3. The lowest BCUT2D eigenvalue weighted by Crippen LogP contribution is -2.52. The van der Waals surface area contributed by atoms with Crippen molar-refractivity contribution in [1.29, 1.82) is 0 Å². The number of hydrogen-bond donors (Lipinski definition) is 2. The summed E-state index contributed by atoms with van der Waals surface area (Å²) in [5, 5.41) is 10.0. The van der Waals surface area contributed by atoms with Crippen molar-refractivity contribution in [3.63, 3.8) is 0 Å². The van der Waals surface area contributed by atoms with Crippen LogP contribution in [-0.4, -0.2) is 53.8 Å². The van der Waals surface area contributed by atoms with E-state index >= 15 is 0 Å². The zero-order valence-electron chi connectivity index (χ0n) is 12.8. The summed E-state index contributed by atoms with van der Waals surface area (Å²) in [6.45, 7) is 0.265. The average Bonchev–Trinajstić information content (AvgIpc) is 2.46. The van der Waals surface area contributed by atoms with Gasteiger partial charge in [0.2, 0.25) is 11.9 Å². The quantitative estimate of drug-likeness (QED) is 0.830. The molecule has 1 aromatic heterocycles. The Kier molecular flexibility index (Phi) is 4.38. The molecule has 7 nitrogen and oxygen atoms in total. The van der Waals surface area contributed by atoms with E-state index in [4.69, 9.17) is 5.73 Å². The molecule has 0 unspecified atom stereocenters. The minimum absolute atomic E-state index is 0.0131. The Bertz CT molecular complexity index is 598. The Hall–Kier alpha value is -2.10. The number of anilines is 2. The number of amides is 1. The number of halogens is 3. The maximum absolute atomic E-state index is 13.0. The maximum Gasteiger partial charge on any atom is 0.433 e. The van der Waals surface area contributed by atoms with Gasteiger partial charge in [-0.15, -0.1) is 0 Å². The van der Waals surface area contributed by atoms with Crippen LogP contribution in [0.15, 0.2) is 6.07 Å². The molecule has 0 atom stereocenters. The SMILES string of the molecule is CN(C)c1cc(C(F)(F)F)nc(N2CCC(O)(C(N)=O)CC2)n1. The highest BCUT2D eigenvalue weighted by Crippen LogP contribution is 2.32. The topological polar surface area (TPSA) is 95.6 Å². The molecule has 1 aliphatic heterocycles. The van der Waals surface area contributed by atoms with Crippen LogP contribution in [0, 0.1) is 0 Å². The lowest BCUT2D eigenvalue weighted by Gasteiger charge is -2.36. The summed E-state index contributed by atoms with van der Waals surface area (Å²) in [6, 6.07) is 0.868. The third kappa shape index (κ3) is 3.63. The molecule has 0 aliphatic carbocycles. The van der Waals surface area contributed by atoms with Gasteiger partial charge in [0.1, 0.15) is 11.4 Å². The molecule has 10 heteroatoms. The summed E-state index contributed by atoms with van der Waals surface area (Å²) in [7, 11) is 3.16. The molecule has 1 amide bonds. The Morgan fingerprint density at radius 2 is 1.91 bits per heavy atom. The number of carbonyl (C=O) groups is 1.